The SMILES string of the molecule is COC1CC(NCc2cccn2C)C1(C)C. The van der Waals surface area contributed by atoms with Crippen LogP contribution in [0.4, 0.5) is 0 Å². The first-order valence-electron chi connectivity index (χ1n) is 5.92. The summed E-state index contributed by atoms with van der Waals surface area (Å²) in [5, 5.41) is 3.62. The second kappa shape index (κ2) is 4.22. The van der Waals surface area contributed by atoms with Crippen molar-refractivity contribution in [3.8, 4) is 0 Å². The number of rotatable bonds is 4. The maximum Gasteiger partial charge on any atom is 0.0652 e. The van der Waals surface area contributed by atoms with Crippen LogP contribution in [0.2, 0.25) is 0 Å². The fraction of sp³-hybridized carbons (Fsp3) is 0.692. The van der Waals surface area contributed by atoms with Gasteiger partial charge in [0.1, 0.15) is 0 Å². The molecule has 2 unspecified atom stereocenters. The standard InChI is InChI=1S/C13H22N2O/c1-13(2)11(8-12(13)16-4)14-9-10-6-5-7-15(10)3/h5-7,11-12,14H,8-9H2,1-4H3. The van der Waals surface area contributed by atoms with Gasteiger partial charge in [-0.2, -0.15) is 0 Å². The molecule has 3 heteroatoms. The number of methoxy groups -OCH3 is 1. The Morgan fingerprint density at radius 2 is 2.31 bits per heavy atom. The summed E-state index contributed by atoms with van der Waals surface area (Å²) in [6.07, 6.45) is 3.60. The van der Waals surface area contributed by atoms with E-state index in [1.54, 1.807) is 7.11 Å². The zero-order chi connectivity index (χ0) is 11.8. The predicted octanol–water partition coefficient (Wildman–Crippen LogP) is 1.93. The number of nitrogens with zero attached hydrogens (tertiary/aromatic N) is 1. The molecule has 1 aromatic rings. The highest BCUT2D eigenvalue weighted by Gasteiger charge is 2.48. The molecule has 90 valence electrons. The lowest BCUT2D eigenvalue weighted by Gasteiger charge is -2.51. The molecule has 0 spiro atoms. The Kier molecular flexibility index (Phi) is 3.08. The zero-order valence-corrected chi connectivity index (χ0v) is 10.7. The van der Waals surface area contributed by atoms with Crippen LogP contribution in [-0.2, 0) is 18.3 Å². The Balaban J connectivity index is 1.87. The van der Waals surface area contributed by atoms with E-state index >= 15 is 0 Å². The number of nitrogens with one attached hydrogen (secondary N) is 1. The van der Waals surface area contributed by atoms with E-state index in [0.29, 0.717) is 12.1 Å². The Bertz CT molecular complexity index is 357. The molecule has 1 saturated carbocycles. The third-order valence-corrected chi connectivity index (χ3v) is 4.04. The van der Waals surface area contributed by atoms with Crippen molar-refractivity contribution in [2.24, 2.45) is 12.5 Å². The maximum absolute atomic E-state index is 5.45. The lowest BCUT2D eigenvalue weighted by molar-refractivity contribution is -0.0980. The summed E-state index contributed by atoms with van der Waals surface area (Å²) in [6.45, 7) is 5.48. The third-order valence-electron chi connectivity index (χ3n) is 4.04. The van der Waals surface area contributed by atoms with Gasteiger partial charge in [0.15, 0.2) is 0 Å². The van der Waals surface area contributed by atoms with Gasteiger partial charge in [-0.25, -0.2) is 0 Å². The van der Waals surface area contributed by atoms with E-state index < -0.39 is 0 Å². The minimum Gasteiger partial charge on any atom is -0.381 e. The van der Waals surface area contributed by atoms with Gasteiger partial charge in [0, 0.05) is 44.0 Å². The maximum atomic E-state index is 5.45. The summed E-state index contributed by atoms with van der Waals surface area (Å²) >= 11 is 0. The minimum atomic E-state index is 0.250. The van der Waals surface area contributed by atoms with Gasteiger partial charge in [-0.05, 0) is 18.6 Å². The van der Waals surface area contributed by atoms with Crippen molar-refractivity contribution < 1.29 is 4.74 Å². The second-order valence-electron chi connectivity index (χ2n) is 5.33. The lowest BCUT2D eigenvalue weighted by atomic mass is 9.64. The molecule has 2 atom stereocenters. The van der Waals surface area contributed by atoms with Gasteiger partial charge >= 0.3 is 0 Å². The molecule has 1 aliphatic carbocycles. The largest absolute Gasteiger partial charge is 0.381 e. The Hall–Kier alpha value is -0.800. The highest BCUT2D eigenvalue weighted by Crippen LogP contribution is 2.42. The summed E-state index contributed by atoms with van der Waals surface area (Å²) < 4.78 is 7.61. The molecule has 0 saturated heterocycles. The molecule has 1 heterocycles. The molecule has 1 aromatic heterocycles. The minimum absolute atomic E-state index is 0.250. The molecule has 1 fully saturated rings. The van der Waals surface area contributed by atoms with Crippen molar-refractivity contribution in [1.29, 1.82) is 0 Å². The second-order valence-corrected chi connectivity index (χ2v) is 5.33. The first kappa shape index (κ1) is 11.7. The number of hydrogen-bond acceptors (Lipinski definition) is 2. The van der Waals surface area contributed by atoms with Crippen molar-refractivity contribution >= 4 is 0 Å². The van der Waals surface area contributed by atoms with Crippen LogP contribution in [-0.4, -0.2) is 23.8 Å². The monoisotopic (exact) mass is 222 g/mol. The molecule has 0 aromatic carbocycles. The van der Waals surface area contributed by atoms with Gasteiger partial charge in [-0.1, -0.05) is 13.8 Å². The molecule has 1 aliphatic rings. The number of hydrogen-bond donors (Lipinski definition) is 1. The molecule has 0 bridgehead atoms. The zero-order valence-electron chi connectivity index (χ0n) is 10.7. The van der Waals surface area contributed by atoms with Crippen molar-refractivity contribution in [3.63, 3.8) is 0 Å². The normalized spacial score (nSPS) is 27.8. The Labute approximate surface area is 97.8 Å². The van der Waals surface area contributed by atoms with Crippen LogP contribution >= 0.6 is 0 Å². The summed E-state index contributed by atoms with van der Waals surface area (Å²) in [5.41, 5.74) is 1.58. The van der Waals surface area contributed by atoms with E-state index in [0.717, 1.165) is 13.0 Å². The average molecular weight is 222 g/mol. The summed E-state index contributed by atoms with van der Waals surface area (Å²) in [5.74, 6) is 0. The quantitative estimate of drug-likeness (QED) is 0.842. The van der Waals surface area contributed by atoms with Crippen LogP contribution in [0.25, 0.3) is 0 Å². The first-order chi connectivity index (χ1) is 7.55. The van der Waals surface area contributed by atoms with E-state index in [1.807, 2.05) is 0 Å². The van der Waals surface area contributed by atoms with Crippen LogP contribution in [0.3, 0.4) is 0 Å². The van der Waals surface area contributed by atoms with E-state index in [1.165, 1.54) is 5.69 Å². The Morgan fingerprint density at radius 3 is 2.81 bits per heavy atom. The summed E-state index contributed by atoms with van der Waals surface area (Å²) in [6, 6.07) is 4.81. The van der Waals surface area contributed by atoms with Crippen molar-refractivity contribution in [2.45, 2.75) is 39.0 Å². The van der Waals surface area contributed by atoms with E-state index in [2.05, 4.69) is 49.1 Å². The van der Waals surface area contributed by atoms with Crippen molar-refractivity contribution in [1.82, 2.24) is 9.88 Å². The predicted molar refractivity (Wildman–Crippen MR) is 65.2 cm³/mol. The molecule has 16 heavy (non-hydrogen) atoms. The number of ether oxygens (including phenoxy) is 1. The van der Waals surface area contributed by atoms with Gasteiger partial charge in [-0.15, -0.1) is 0 Å². The van der Waals surface area contributed by atoms with E-state index in [4.69, 9.17) is 4.74 Å². The summed E-state index contributed by atoms with van der Waals surface area (Å²) in [7, 11) is 3.89. The van der Waals surface area contributed by atoms with Crippen LogP contribution in [0.5, 0.6) is 0 Å². The molecular formula is C13H22N2O. The fourth-order valence-electron chi connectivity index (χ4n) is 2.54. The molecular weight excluding hydrogens is 200 g/mol. The topological polar surface area (TPSA) is 26.2 Å². The van der Waals surface area contributed by atoms with E-state index in [9.17, 15) is 0 Å². The van der Waals surface area contributed by atoms with Gasteiger partial charge in [-0.3, -0.25) is 0 Å². The first-order valence-corrected chi connectivity index (χ1v) is 5.92. The fourth-order valence-corrected chi connectivity index (χ4v) is 2.54. The number of aryl methyl sites for hydroxylation is 1. The van der Waals surface area contributed by atoms with Crippen LogP contribution in [0.1, 0.15) is 26.0 Å². The molecule has 0 radical (unpaired) electrons. The average Bonchev–Trinajstić information content (AvgIpc) is 2.63. The van der Waals surface area contributed by atoms with Gasteiger partial charge in [0.25, 0.3) is 0 Å². The van der Waals surface area contributed by atoms with Crippen LogP contribution in [0.15, 0.2) is 18.3 Å². The smallest absolute Gasteiger partial charge is 0.0652 e. The summed E-state index contributed by atoms with van der Waals surface area (Å²) in [4.78, 5) is 0. The third kappa shape index (κ3) is 1.89. The van der Waals surface area contributed by atoms with E-state index in [-0.39, 0.29) is 5.41 Å². The molecule has 0 aliphatic heterocycles. The number of aromatic nitrogens is 1. The van der Waals surface area contributed by atoms with Gasteiger partial charge in [0.2, 0.25) is 0 Å². The molecule has 2 rings (SSSR count). The lowest BCUT2D eigenvalue weighted by Crippen LogP contribution is -2.60. The highest BCUT2D eigenvalue weighted by atomic mass is 16.5. The van der Waals surface area contributed by atoms with Crippen LogP contribution < -0.4 is 5.32 Å². The molecule has 3 nitrogen and oxygen atoms in total. The highest BCUT2D eigenvalue weighted by molar-refractivity contribution is 5.08. The van der Waals surface area contributed by atoms with Crippen molar-refractivity contribution in [2.75, 3.05) is 7.11 Å². The molecule has 0 amide bonds. The van der Waals surface area contributed by atoms with Crippen molar-refractivity contribution in [3.05, 3.63) is 24.0 Å². The van der Waals surface area contributed by atoms with Crippen LogP contribution in [0, 0.1) is 5.41 Å². The Morgan fingerprint density at radius 1 is 1.56 bits per heavy atom. The molecule has 1 N–H and O–H groups in total. The van der Waals surface area contributed by atoms with Gasteiger partial charge in [0.05, 0.1) is 6.10 Å². The van der Waals surface area contributed by atoms with Gasteiger partial charge < -0.3 is 14.6 Å².